The van der Waals surface area contributed by atoms with Crippen LogP contribution in [0.3, 0.4) is 0 Å². The van der Waals surface area contributed by atoms with Gasteiger partial charge in [0.05, 0.1) is 24.1 Å². The maximum absolute atomic E-state index is 13.4. The van der Waals surface area contributed by atoms with E-state index in [1.54, 1.807) is 6.92 Å². The first-order valence-corrected chi connectivity index (χ1v) is 9.93. The number of rotatable bonds is 6. The van der Waals surface area contributed by atoms with Gasteiger partial charge in [0.1, 0.15) is 5.52 Å². The molecule has 1 saturated heterocycles. The Labute approximate surface area is 176 Å². The van der Waals surface area contributed by atoms with Crippen molar-refractivity contribution in [3.05, 3.63) is 16.7 Å². The van der Waals surface area contributed by atoms with Gasteiger partial charge in [0.15, 0.2) is 18.0 Å². The summed E-state index contributed by atoms with van der Waals surface area (Å²) in [4.78, 5) is 44.9. The van der Waals surface area contributed by atoms with E-state index >= 15 is 0 Å². The average molecular weight is 430 g/mol. The van der Waals surface area contributed by atoms with Gasteiger partial charge in [-0.2, -0.15) is 10.2 Å². The van der Waals surface area contributed by atoms with E-state index in [1.165, 1.54) is 22.3 Å². The van der Waals surface area contributed by atoms with E-state index in [4.69, 9.17) is 19.9 Å². The van der Waals surface area contributed by atoms with Crippen LogP contribution in [0.25, 0.3) is 11.2 Å². The Morgan fingerprint density at radius 1 is 1.42 bits per heavy atom. The maximum atomic E-state index is 13.4. The standard InChI is InChI=1S/C19H22N6O6/c1-3-13(27)30-14-6-12(29-10(2)26)16(31-14)25-15-11(7-22-17(21)23-15)24(18(25)28)9-19(8-20)4-5-19/h7,12,14,16H,3-6,9H2,1-2H3,(H2,21,22,23)/t12-,14-,16-/m1/s1. The van der Waals surface area contributed by atoms with Crippen molar-refractivity contribution < 1.29 is 23.8 Å². The average Bonchev–Trinajstić information content (AvgIpc) is 3.34. The fourth-order valence-electron chi connectivity index (χ4n) is 3.67. The predicted octanol–water partition coefficient (Wildman–Crippen LogP) is 0.609. The molecule has 12 nitrogen and oxygen atoms in total. The fourth-order valence-corrected chi connectivity index (χ4v) is 3.67. The molecule has 12 heteroatoms. The van der Waals surface area contributed by atoms with Gasteiger partial charge in [0.25, 0.3) is 0 Å². The topological polar surface area (TPSA) is 164 Å². The highest BCUT2D eigenvalue weighted by atomic mass is 16.7. The van der Waals surface area contributed by atoms with E-state index < -0.39 is 41.7 Å². The maximum Gasteiger partial charge on any atom is 0.332 e. The number of hydrogen-bond donors (Lipinski definition) is 1. The minimum absolute atomic E-state index is 0.0534. The van der Waals surface area contributed by atoms with Crippen LogP contribution >= 0.6 is 0 Å². The van der Waals surface area contributed by atoms with Gasteiger partial charge in [-0.25, -0.2) is 14.3 Å². The summed E-state index contributed by atoms with van der Waals surface area (Å²) in [7, 11) is 0. The third-order valence-electron chi connectivity index (χ3n) is 5.43. The Morgan fingerprint density at radius 3 is 2.77 bits per heavy atom. The van der Waals surface area contributed by atoms with E-state index in [0.717, 1.165) is 0 Å². The molecule has 164 valence electrons. The molecular formula is C19H22N6O6. The summed E-state index contributed by atoms with van der Waals surface area (Å²) in [5.74, 6) is -1.12. The van der Waals surface area contributed by atoms with Gasteiger partial charge in [-0.05, 0) is 12.8 Å². The van der Waals surface area contributed by atoms with E-state index in [1.807, 2.05) is 0 Å². The summed E-state index contributed by atoms with van der Waals surface area (Å²) in [5.41, 5.74) is 5.17. The summed E-state index contributed by atoms with van der Waals surface area (Å²) in [6.07, 6.45) is -0.0207. The number of nitrogens with two attached hydrogens (primary N) is 1. The van der Waals surface area contributed by atoms with Crippen molar-refractivity contribution in [3.8, 4) is 6.07 Å². The molecule has 2 aromatic heterocycles. The normalized spacial score (nSPS) is 24.0. The van der Waals surface area contributed by atoms with Crippen molar-refractivity contribution in [1.29, 1.82) is 5.26 Å². The number of carbonyl (C=O) groups is 2. The van der Waals surface area contributed by atoms with Crippen LogP contribution in [0.2, 0.25) is 0 Å². The molecule has 1 aliphatic carbocycles. The minimum atomic E-state index is -1.10. The Kier molecular flexibility index (Phi) is 5.14. The number of nitrogens with zero attached hydrogens (tertiary/aromatic N) is 5. The molecule has 0 spiro atoms. The first-order valence-electron chi connectivity index (χ1n) is 9.93. The second kappa shape index (κ2) is 7.66. The number of nitriles is 1. The van der Waals surface area contributed by atoms with Crippen LogP contribution in [0.4, 0.5) is 5.95 Å². The zero-order valence-electron chi connectivity index (χ0n) is 17.1. The number of esters is 2. The fraction of sp³-hybridized carbons (Fsp3) is 0.579. The lowest BCUT2D eigenvalue weighted by Gasteiger charge is -2.19. The number of nitrogen functional groups attached to an aromatic ring is 1. The second-order valence-corrected chi connectivity index (χ2v) is 7.75. The van der Waals surface area contributed by atoms with Crippen molar-refractivity contribution in [3.63, 3.8) is 0 Å². The summed E-state index contributed by atoms with van der Waals surface area (Å²) in [6.45, 7) is 3.04. The summed E-state index contributed by atoms with van der Waals surface area (Å²) in [6, 6.07) is 2.26. The van der Waals surface area contributed by atoms with Crippen LogP contribution < -0.4 is 11.4 Å². The largest absolute Gasteiger partial charge is 0.457 e. The van der Waals surface area contributed by atoms with E-state index in [0.29, 0.717) is 18.4 Å². The highest BCUT2D eigenvalue weighted by molar-refractivity contribution is 5.72. The Balaban J connectivity index is 1.79. The number of carbonyl (C=O) groups excluding carboxylic acids is 2. The molecule has 2 fully saturated rings. The van der Waals surface area contributed by atoms with Crippen molar-refractivity contribution in [1.82, 2.24) is 19.1 Å². The number of ether oxygens (including phenoxy) is 3. The van der Waals surface area contributed by atoms with Gasteiger partial charge >= 0.3 is 17.6 Å². The highest BCUT2D eigenvalue weighted by Crippen LogP contribution is 2.46. The van der Waals surface area contributed by atoms with Crippen LogP contribution in [0.5, 0.6) is 0 Å². The van der Waals surface area contributed by atoms with E-state index in [9.17, 15) is 19.6 Å². The number of hydrogen-bond acceptors (Lipinski definition) is 10. The van der Waals surface area contributed by atoms with Crippen LogP contribution in [0.1, 0.15) is 45.8 Å². The van der Waals surface area contributed by atoms with Crippen molar-refractivity contribution >= 4 is 29.1 Å². The van der Waals surface area contributed by atoms with Crippen LogP contribution in [0, 0.1) is 16.7 Å². The van der Waals surface area contributed by atoms with Gasteiger partial charge in [-0.1, -0.05) is 6.92 Å². The monoisotopic (exact) mass is 430 g/mol. The molecule has 31 heavy (non-hydrogen) atoms. The quantitative estimate of drug-likeness (QED) is 0.642. The van der Waals surface area contributed by atoms with Crippen LogP contribution in [-0.2, 0) is 30.3 Å². The molecular weight excluding hydrogens is 408 g/mol. The van der Waals surface area contributed by atoms with Crippen LogP contribution in [-0.4, -0.2) is 43.4 Å². The summed E-state index contributed by atoms with van der Waals surface area (Å²) < 4.78 is 19.0. The van der Waals surface area contributed by atoms with Crippen molar-refractivity contribution in [2.24, 2.45) is 5.41 Å². The summed E-state index contributed by atoms with van der Waals surface area (Å²) in [5, 5.41) is 9.47. The number of fused-ring (bicyclic) bond motifs is 1. The van der Waals surface area contributed by atoms with Gasteiger partial charge < -0.3 is 19.9 Å². The van der Waals surface area contributed by atoms with E-state index in [-0.39, 0.29) is 31.0 Å². The van der Waals surface area contributed by atoms with Gasteiger partial charge in [-0.3, -0.25) is 14.2 Å². The smallest absolute Gasteiger partial charge is 0.332 e. The molecule has 1 aliphatic heterocycles. The summed E-state index contributed by atoms with van der Waals surface area (Å²) >= 11 is 0. The lowest BCUT2D eigenvalue weighted by Crippen LogP contribution is -2.34. The lowest BCUT2D eigenvalue weighted by molar-refractivity contribution is -0.183. The Hall–Kier alpha value is -3.46. The number of aromatic nitrogens is 4. The molecule has 0 radical (unpaired) electrons. The molecule has 0 bridgehead atoms. The number of anilines is 1. The molecule has 2 N–H and O–H groups in total. The first kappa shape index (κ1) is 20.8. The SMILES string of the molecule is CCC(=O)O[C@H]1C[C@@H](OC(C)=O)[C@H](n2c(=O)n(CC3(C#N)CC3)c3cnc(N)nc32)O1. The molecule has 0 amide bonds. The Morgan fingerprint density at radius 2 is 2.16 bits per heavy atom. The lowest BCUT2D eigenvalue weighted by atomic mass is 10.1. The molecule has 4 rings (SSSR count). The zero-order chi connectivity index (χ0) is 22.3. The molecule has 2 aromatic rings. The van der Waals surface area contributed by atoms with E-state index in [2.05, 4.69) is 16.0 Å². The van der Waals surface area contributed by atoms with Gasteiger partial charge in [0.2, 0.25) is 12.2 Å². The molecule has 2 aliphatic rings. The van der Waals surface area contributed by atoms with Crippen molar-refractivity contribution in [2.75, 3.05) is 5.73 Å². The molecule has 3 heterocycles. The minimum Gasteiger partial charge on any atom is -0.457 e. The van der Waals surface area contributed by atoms with Crippen LogP contribution in [0.15, 0.2) is 11.0 Å². The molecule has 0 aromatic carbocycles. The highest BCUT2D eigenvalue weighted by Gasteiger charge is 2.46. The third-order valence-corrected chi connectivity index (χ3v) is 5.43. The van der Waals surface area contributed by atoms with Crippen molar-refractivity contribution in [2.45, 2.75) is 64.7 Å². The Bertz CT molecular complexity index is 1140. The molecule has 0 unspecified atom stereocenters. The van der Waals surface area contributed by atoms with Gasteiger partial charge in [-0.15, -0.1) is 0 Å². The molecule has 3 atom stereocenters. The second-order valence-electron chi connectivity index (χ2n) is 7.75. The molecule has 1 saturated carbocycles. The van der Waals surface area contributed by atoms with Gasteiger partial charge in [0, 0.05) is 19.9 Å². The third kappa shape index (κ3) is 3.84. The first-order chi connectivity index (χ1) is 14.8. The zero-order valence-corrected chi connectivity index (χ0v) is 17.1. The number of imidazole rings is 1. The predicted molar refractivity (Wildman–Crippen MR) is 104 cm³/mol.